The zero-order valence-corrected chi connectivity index (χ0v) is 9.94. The van der Waals surface area contributed by atoms with Gasteiger partial charge in [-0.3, -0.25) is 0 Å². The molecule has 4 heteroatoms. The summed E-state index contributed by atoms with van der Waals surface area (Å²) in [6.07, 6.45) is 0. The second kappa shape index (κ2) is 3.62. The Balaban J connectivity index is 3.16. The fourth-order valence-corrected chi connectivity index (χ4v) is 1.27. The minimum absolute atomic E-state index is 0.0185. The first kappa shape index (κ1) is 10.4. The predicted octanol–water partition coefficient (Wildman–Crippen LogP) is 2.58. The molecule has 1 N–H and O–H groups in total. The van der Waals surface area contributed by atoms with Gasteiger partial charge in [-0.2, -0.15) is 0 Å². The lowest BCUT2D eigenvalue weighted by atomic mass is 9.96. The van der Waals surface area contributed by atoms with Crippen LogP contribution in [0, 0.1) is 0 Å². The maximum atomic E-state index is 4.37. The maximum absolute atomic E-state index is 4.37. The number of rotatable bonds is 1. The Labute approximate surface area is 87.1 Å². The fraction of sp³-hybridized carbons (Fsp3) is 0.556. The summed E-state index contributed by atoms with van der Waals surface area (Å²) >= 11 is 3.36. The molecule has 0 saturated heterocycles. The summed E-state index contributed by atoms with van der Waals surface area (Å²) < 4.78 is 0.816. The van der Waals surface area contributed by atoms with Crippen LogP contribution in [0.2, 0.25) is 0 Å². The van der Waals surface area contributed by atoms with Gasteiger partial charge in [0.2, 0.25) is 0 Å². The molecule has 0 bridgehead atoms. The molecule has 1 aromatic rings. The van der Waals surface area contributed by atoms with E-state index in [1.165, 1.54) is 0 Å². The van der Waals surface area contributed by atoms with Gasteiger partial charge in [0.1, 0.15) is 16.2 Å². The van der Waals surface area contributed by atoms with E-state index in [4.69, 9.17) is 0 Å². The Morgan fingerprint density at radius 2 is 1.92 bits per heavy atom. The molecule has 72 valence electrons. The van der Waals surface area contributed by atoms with E-state index in [-0.39, 0.29) is 5.41 Å². The summed E-state index contributed by atoms with van der Waals surface area (Å²) in [5.74, 6) is 1.68. The highest BCUT2D eigenvalue weighted by atomic mass is 79.9. The largest absolute Gasteiger partial charge is 0.373 e. The number of anilines is 1. The van der Waals surface area contributed by atoms with E-state index in [1.807, 2.05) is 13.1 Å². The summed E-state index contributed by atoms with van der Waals surface area (Å²) in [5, 5.41) is 3.00. The number of nitrogens with one attached hydrogen (secondary N) is 1. The van der Waals surface area contributed by atoms with Crippen LogP contribution in [0.3, 0.4) is 0 Å². The molecule has 0 aliphatic rings. The normalized spacial score (nSPS) is 11.5. The average molecular weight is 244 g/mol. The minimum atomic E-state index is -0.0185. The van der Waals surface area contributed by atoms with Gasteiger partial charge in [0.15, 0.2) is 0 Å². The van der Waals surface area contributed by atoms with Crippen LogP contribution >= 0.6 is 15.9 Å². The molecule has 1 aromatic heterocycles. The highest BCUT2D eigenvalue weighted by molar-refractivity contribution is 9.10. The molecule has 0 aliphatic carbocycles. The third kappa shape index (κ3) is 2.66. The standard InChI is InChI=1S/C9H14BrN3/c1-9(2,3)8-12-6(10)5-7(11-4)13-8/h5H,1-4H3,(H,11,12,13). The van der Waals surface area contributed by atoms with Gasteiger partial charge < -0.3 is 5.32 Å². The van der Waals surface area contributed by atoms with Crippen LogP contribution in [0.5, 0.6) is 0 Å². The lowest BCUT2D eigenvalue weighted by molar-refractivity contribution is 0.544. The monoisotopic (exact) mass is 243 g/mol. The second-order valence-electron chi connectivity index (χ2n) is 3.90. The van der Waals surface area contributed by atoms with Gasteiger partial charge in [-0.1, -0.05) is 20.8 Å². The molecule has 0 aliphatic heterocycles. The van der Waals surface area contributed by atoms with Crippen LogP contribution in [-0.4, -0.2) is 17.0 Å². The molecule has 0 spiro atoms. The molecule has 0 aromatic carbocycles. The minimum Gasteiger partial charge on any atom is -0.373 e. The Kier molecular flexibility index (Phi) is 2.91. The molecule has 3 nitrogen and oxygen atoms in total. The van der Waals surface area contributed by atoms with Crippen LogP contribution < -0.4 is 5.32 Å². The van der Waals surface area contributed by atoms with Crippen LogP contribution in [0.1, 0.15) is 26.6 Å². The van der Waals surface area contributed by atoms with E-state index in [2.05, 4.69) is 52.0 Å². The van der Waals surface area contributed by atoms with Gasteiger partial charge in [0, 0.05) is 18.5 Å². The smallest absolute Gasteiger partial charge is 0.137 e. The first-order chi connectivity index (χ1) is 5.93. The zero-order chi connectivity index (χ0) is 10.1. The lowest BCUT2D eigenvalue weighted by Crippen LogP contribution is -2.16. The number of hydrogen-bond acceptors (Lipinski definition) is 3. The molecular formula is C9H14BrN3. The van der Waals surface area contributed by atoms with Crippen molar-refractivity contribution in [2.75, 3.05) is 12.4 Å². The van der Waals surface area contributed by atoms with Gasteiger partial charge in [-0.15, -0.1) is 0 Å². The van der Waals surface area contributed by atoms with Crippen LogP contribution in [0.25, 0.3) is 0 Å². The molecular weight excluding hydrogens is 230 g/mol. The molecule has 0 amide bonds. The van der Waals surface area contributed by atoms with Crippen molar-refractivity contribution in [3.05, 3.63) is 16.5 Å². The van der Waals surface area contributed by atoms with Crippen molar-refractivity contribution >= 4 is 21.7 Å². The van der Waals surface area contributed by atoms with E-state index in [9.17, 15) is 0 Å². The molecule has 0 radical (unpaired) electrons. The van der Waals surface area contributed by atoms with Gasteiger partial charge in [-0.05, 0) is 15.9 Å². The lowest BCUT2D eigenvalue weighted by Gasteiger charge is -2.17. The fourth-order valence-electron chi connectivity index (χ4n) is 0.881. The van der Waals surface area contributed by atoms with Crippen LogP contribution in [0.4, 0.5) is 5.82 Å². The maximum Gasteiger partial charge on any atom is 0.137 e. The molecule has 1 rings (SSSR count). The Bertz CT molecular complexity index is 304. The van der Waals surface area contributed by atoms with E-state index in [1.54, 1.807) is 0 Å². The van der Waals surface area contributed by atoms with E-state index in [0.717, 1.165) is 16.2 Å². The number of hydrogen-bond donors (Lipinski definition) is 1. The van der Waals surface area contributed by atoms with Crippen molar-refractivity contribution in [3.8, 4) is 0 Å². The van der Waals surface area contributed by atoms with Gasteiger partial charge in [0.05, 0.1) is 0 Å². The second-order valence-corrected chi connectivity index (χ2v) is 4.71. The van der Waals surface area contributed by atoms with E-state index < -0.39 is 0 Å². The predicted molar refractivity (Wildman–Crippen MR) is 58.0 cm³/mol. The van der Waals surface area contributed by atoms with Crippen molar-refractivity contribution in [1.29, 1.82) is 0 Å². The quantitative estimate of drug-likeness (QED) is 0.771. The van der Waals surface area contributed by atoms with E-state index in [0.29, 0.717) is 0 Å². The molecule has 1 heterocycles. The highest BCUT2D eigenvalue weighted by Crippen LogP contribution is 2.21. The van der Waals surface area contributed by atoms with Crippen LogP contribution in [0.15, 0.2) is 10.7 Å². The Morgan fingerprint density at radius 3 is 2.38 bits per heavy atom. The first-order valence-electron chi connectivity index (χ1n) is 4.16. The van der Waals surface area contributed by atoms with Crippen molar-refractivity contribution in [2.24, 2.45) is 0 Å². The molecule has 0 unspecified atom stereocenters. The molecule has 0 saturated carbocycles. The molecule has 13 heavy (non-hydrogen) atoms. The van der Waals surface area contributed by atoms with Crippen molar-refractivity contribution < 1.29 is 0 Å². The summed E-state index contributed by atoms with van der Waals surface area (Å²) in [4.78, 5) is 8.69. The third-order valence-corrected chi connectivity index (χ3v) is 2.03. The van der Waals surface area contributed by atoms with Crippen molar-refractivity contribution in [1.82, 2.24) is 9.97 Å². The number of aromatic nitrogens is 2. The number of halogens is 1. The Hall–Kier alpha value is -0.640. The zero-order valence-electron chi connectivity index (χ0n) is 8.35. The summed E-state index contributed by atoms with van der Waals surface area (Å²) in [6.45, 7) is 6.27. The highest BCUT2D eigenvalue weighted by Gasteiger charge is 2.18. The van der Waals surface area contributed by atoms with Crippen LogP contribution in [-0.2, 0) is 5.41 Å². The third-order valence-electron chi connectivity index (χ3n) is 1.62. The van der Waals surface area contributed by atoms with Gasteiger partial charge in [-0.25, -0.2) is 9.97 Å². The van der Waals surface area contributed by atoms with Crippen molar-refractivity contribution in [3.63, 3.8) is 0 Å². The molecule has 0 atom stereocenters. The molecule has 0 fully saturated rings. The average Bonchev–Trinajstić information content (AvgIpc) is 2.01. The summed E-state index contributed by atoms with van der Waals surface area (Å²) in [6, 6.07) is 1.86. The summed E-state index contributed by atoms with van der Waals surface area (Å²) in [5.41, 5.74) is -0.0185. The summed E-state index contributed by atoms with van der Waals surface area (Å²) in [7, 11) is 1.85. The van der Waals surface area contributed by atoms with Crippen molar-refractivity contribution in [2.45, 2.75) is 26.2 Å². The first-order valence-corrected chi connectivity index (χ1v) is 4.95. The SMILES string of the molecule is CNc1cc(Br)nc(C(C)(C)C)n1. The van der Waals surface area contributed by atoms with Gasteiger partial charge in [0.25, 0.3) is 0 Å². The topological polar surface area (TPSA) is 37.8 Å². The van der Waals surface area contributed by atoms with E-state index >= 15 is 0 Å². The Morgan fingerprint density at radius 1 is 1.31 bits per heavy atom. The number of nitrogens with zero attached hydrogens (tertiary/aromatic N) is 2. The van der Waals surface area contributed by atoms with Gasteiger partial charge >= 0.3 is 0 Å².